The maximum atomic E-state index is 13.3. The van der Waals surface area contributed by atoms with Gasteiger partial charge in [0, 0.05) is 10.4 Å². The van der Waals surface area contributed by atoms with E-state index < -0.39 is 0 Å². The third kappa shape index (κ3) is 2.50. The maximum absolute atomic E-state index is 13.3. The second kappa shape index (κ2) is 6.06. The lowest BCUT2D eigenvalue weighted by Gasteiger charge is -2.24. The molecule has 0 N–H and O–H groups in total. The summed E-state index contributed by atoms with van der Waals surface area (Å²) >= 11 is 6.40. The monoisotopic (exact) mass is 404 g/mol. The third-order valence-corrected chi connectivity index (χ3v) is 7.98. The van der Waals surface area contributed by atoms with Crippen molar-refractivity contribution in [2.45, 2.75) is 38.5 Å². The molecule has 29 heavy (non-hydrogen) atoms. The first kappa shape index (κ1) is 17.5. The molecule has 0 amide bonds. The first-order valence-corrected chi connectivity index (χ1v) is 10.8. The van der Waals surface area contributed by atoms with Gasteiger partial charge in [0.25, 0.3) is 0 Å². The van der Waals surface area contributed by atoms with Gasteiger partial charge in [-0.1, -0.05) is 35.4 Å². The summed E-state index contributed by atoms with van der Waals surface area (Å²) < 4.78 is 15.3. The smallest absolute Gasteiger partial charge is 0.123 e. The van der Waals surface area contributed by atoms with Gasteiger partial charge < -0.3 is 0 Å². The van der Waals surface area contributed by atoms with Crippen LogP contribution in [0.4, 0.5) is 4.39 Å². The zero-order chi connectivity index (χ0) is 19.6. The number of fused-ring (bicyclic) bond motifs is 1. The van der Waals surface area contributed by atoms with Crippen molar-refractivity contribution in [3.8, 4) is 5.69 Å². The molecule has 0 aliphatic heterocycles. The van der Waals surface area contributed by atoms with E-state index in [0.717, 1.165) is 23.6 Å². The molecule has 0 saturated heterocycles. The lowest BCUT2D eigenvalue weighted by molar-refractivity contribution is 0.383. The summed E-state index contributed by atoms with van der Waals surface area (Å²) in [7, 11) is 0. The topological polar surface area (TPSA) is 17.8 Å². The molecule has 0 bridgehead atoms. The molecular formula is C25H22ClFN2. The Hall–Kier alpha value is -2.39. The number of halogens is 2. The zero-order valence-corrected chi connectivity index (χ0v) is 16.9. The van der Waals surface area contributed by atoms with E-state index in [1.54, 1.807) is 17.7 Å². The molecule has 146 valence electrons. The van der Waals surface area contributed by atoms with Gasteiger partial charge in [-0.2, -0.15) is 5.10 Å². The molecule has 6 rings (SSSR count). The number of aromatic nitrogens is 2. The van der Waals surface area contributed by atoms with Crippen LogP contribution >= 0.6 is 11.6 Å². The predicted molar refractivity (Wildman–Crippen MR) is 114 cm³/mol. The van der Waals surface area contributed by atoms with Crippen LogP contribution < -0.4 is 0 Å². The van der Waals surface area contributed by atoms with E-state index in [1.165, 1.54) is 54.6 Å². The fourth-order valence-corrected chi connectivity index (χ4v) is 6.22. The number of nitrogens with zero attached hydrogens (tertiary/aromatic N) is 2. The molecule has 2 aromatic carbocycles. The van der Waals surface area contributed by atoms with E-state index in [1.807, 2.05) is 23.0 Å². The zero-order valence-electron chi connectivity index (χ0n) is 16.2. The van der Waals surface area contributed by atoms with Crippen LogP contribution in [0.1, 0.15) is 42.5 Å². The van der Waals surface area contributed by atoms with Gasteiger partial charge in [0.1, 0.15) is 5.82 Å². The Kier molecular flexibility index (Phi) is 3.65. The normalized spacial score (nSPS) is 26.5. The van der Waals surface area contributed by atoms with Gasteiger partial charge >= 0.3 is 0 Å². The number of allylic oxidation sites excluding steroid dienone is 1. The Labute approximate surface area is 175 Å². The van der Waals surface area contributed by atoms with Crippen LogP contribution in [0.25, 0.3) is 11.8 Å². The van der Waals surface area contributed by atoms with Crippen LogP contribution in [-0.2, 0) is 12.8 Å². The van der Waals surface area contributed by atoms with Gasteiger partial charge in [0.2, 0.25) is 0 Å². The first-order valence-electron chi connectivity index (χ1n) is 10.4. The van der Waals surface area contributed by atoms with Crippen LogP contribution in [0.3, 0.4) is 0 Å². The van der Waals surface area contributed by atoms with Crippen molar-refractivity contribution in [1.82, 2.24) is 9.78 Å². The van der Waals surface area contributed by atoms with Crippen LogP contribution in [-0.4, -0.2) is 9.78 Å². The SMILES string of the molecule is Fc1ccc(-n2ncc3c2C=C2CCC4(CCc5ccccc5Cl)CC24C3)cc1. The third-order valence-electron chi connectivity index (χ3n) is 7.61. The van der Waals surface area contributed by atoms with Gasteiger partial charge in [-0.25, -0.2) is 9.07 Å². The lowest BCUT2D eigenvalue weighted by atomic mass is 9.80. The van der Waals surface area contributed by atoms with E-state index in [-0.39, 0.29) is 5.82 Å². The highest BCUT2D eigenvalue weighted by Gasteiger charge is 2.71. The molecular weight excluding hydrogens is 383 g/mol. The fourth-order valence-electron chi connectivity index (χ4n) is 5.99. The van der Waals surface area contributed by atoms with Gasteiger partial charge in [0.05, 0.1) is 17.6 Å². The van der Waals surface area contributed by atoms with Crippen molar-refractivity contribution in [2.75, 3.05) is 0 Å². The Bertz CT molecular complexity index is 1150. The summed E-state index contributed by atoms with van der Waals surface area (Å²) in [5.41, 5.74) is 7.02. The van der Waals surface area contributed by atoms with Crippen LogP contribution in [0.15, 0.2) is 60.3 Å². The van der Waals surface area contributed by atoms with E-state index in [2.05, 4.69) is 23.3 Å². The highest BCUT2D eigenvalue weighted by atomic mass is 35.5. The molecule has 3 aliphatic rings. The van der Waals surface area contributed by atoms with Gasteiger partial charge in [0.15, 0.2) is 0 Å². The molecule has 1 aromatic heterocycles. The Morgan fingerprint density at radius 3 is 2.76 bits per heavy atom. The summed E-state index contributed by atoms with van der Waals surface area (Å²) in [4.78, 5) is 0. The van der Waals surface area contributed by atoms with Crippen molar-refractivity contribution in [2.24, 2.45) is 10.8 Å². The molecule has 3 aliphatic carbocycles. The summed E-state index contributed by atoms with van der Waals surface area (Å²) in [6.45, 7) is 0. The fraction of sp³-hybridized carbons (Fsp3) is 0.320. The van der Waals surface area contributed by atoms with Gasteiger partial charge in [-0.3, -0.25) is 0 Å². The van der Waals surface area contributed by atoms with Crippen molar-refractivity contribution >= 4 is 17.7 Å². The maximum Gasteiger partial charge on any atom is 0.123 e. The second-order valence-electron chi connectivity index (χ2n) is 8.92. The highest BCUT2D eigenvalue weighted by molar-refractivity contribution is 6.31. The largest absolute Gasteiger partial charge is 0.233 e. The van der Waals surface area contributed by atoms with E-state index in [9.17, 15) is 4.39 Å². The average molecular weight is 405 g/mol. The number of rotatable bonds is 4. The minimum absolute atomic E-state index is 0.218. The van der Waals surface area contributed by atoms with E-state index in [0.29, 0.717) is 10.8 Å². The minimum Gasteiger partial charge on any atom is -0.233 e. The second-order valence-corrected chi connectivity index (χ2v) is 9.33. The Balaban J connectivity index is 1.29. The van der Waals surface area contributed by atoms with Crippen molar-refractivity contribution in [3.63, 3.8) is 0 Å². The molecule has 2 atom stereocenters. The van der Waals surface area contributed by atoms with Crippen molar-refractivity contribution in [3.05, 3.63) is 88.0 Å². The van der Waals surface area contributed by atoms with Crippen molar-refractivity contribution in [1.29, 1.82) is 0 Å². The number of aryl methyl sites for hydroxylation is 1. The summed E-state index contributed by atoms with van der Waals surface area (Å²) in [5.74, 6) is -0.218. The van der Waals surface area contributed by atoms with Crippen LogP contribution in [0.5, 0.6) is 0 Å². The number of benzene rings is 2. The van der Waals surface area contributed by atoms with E-state index in [4.69, 9.17) is 11.6 Å². The molecule has 1 spiro atoms. The molecule has 2 fully saturated rings. The van der Waals surface area contributed by atoms with Crippen molar-refractivity contribution < 1.29 is 4.39 Å². The average Bonchev–Trinajstić information content (AvgIpc) is 3.01. The molecule has 2 unspecified atom stereocenters. The Morgan fingerprint density at radius 1 is 1.10 bits per heavy atom. The molecule has 2 saturated carbocycles. The summed E-state index contributed by atoms with van der Waals surface area (Å²) in [6.07, 6.45) is 11.5. The van der Waals surface area contributed by atoms with E-state index >= 15 is 0 Å². The lowest BCUT2D eigenvalue weighted by Crippen LogP contribution is -2.17. The molecule has 2 nitrogen and oxygen atoms in total. The number of hydrogen-bond donors (Lipinski definition) is 0. The molecule has 1 heterocycles. The van der Waals surface area contributed by atoms with Crippen LogP contribution in [0.2, 0.25) is 5.02 Å². The molecule has 0 radical (unpaired) electrons. The molecule has 4 heteroatoms. The van der Waals surface area contributed by atoms with Gasteiger partial charge in [-0.15, -0.1) is 0 Å². The summed E-state index contributed by atoms with van der Waals surface area (Å²) in [5, 5.41) is 5.52. The molecule has 3 aromatic rings. The highest BCUT2D eigenvalue weighted by Crippen LogP contribution is 2.79. The first-order chi connectivity index (χ1) is 14.1. The standard InChI is InChI=1S/C25H22ClFN2/c26-22-4-2-1-3-17(22)9-11-24-12-10-19-13-23-18(14-25(19,24)16-24)15-28-29(23)21-7-5-20(27)6-8-21/h1-8,13,15H,9-12,14,16H2. The van der Waals surface area contributed by atoms with Gasteiger partial charge in [-0.05, 0) is 91.5 Å². The predicted octanol–water partition coefficient (Wildman–Crippen LogP) is 6.41. The number of hydrogen-bond acceptors (Lipinski definition) is 1. The van der Waals surface area contributed by atoms with Crippen LogP contribution in [0, 0.1) is 16.6 Å². The quantitative estimate of drug-likeness (QED) is 0.491. The minimum atomic E-state index is -0.218. The summed E-state index contributed by atoms with van der Waals surface area (Å²) in [6, 6.07) is 14.8. The Morgan fingerprint density at radius 2 is 1.93 bits per heavy atom.